The molecule has 0 amide bonds. The first-order chi connectivity index (χ1) is 9.46. The Morgan fingerprint density at radius 2 is 1.90 bits per heavy atom. The molecule has 0 saturated heterocycles. The molecule has 0 bridgehead atoms. The van der Waals surface area contributed by atoms with Gasteiger partial charge in [0.1, 0.15) is 0 Å². The Bertz CT molecular complexity index is 534. The fourth-order valence-corrected chi connectivity index (χ4v) is 2.03. The molecule has 0 unspecified atom stereocenters. The molecule has 0 aliphatic rings. The summed E-state index contributed by atoms with van der Waals surface area (Å²) in [5.74, 6) is 2.61. The molecule has 1 heteroatoms. The number of hydrogen-bond donors (Lipinski definition) is 0. The van der Waals surface area contributed by atoms with Crippen LogP contribution < -0.4 is 0 Å². The third-order valence-electron chi connectivity index (χ3n) is 4.24. The van der Waals surface area contributed by atoms with Crippen LogP contribution in [0.3, 0.4) is 0 Å². The molecule has 20 heavy (non-hydrogen) atoms. The average molecular weight is 267 g/mol. The molecular weight excluding hydrogens is 242 g/mol. The van der Waals surface area contributed by atoms with Gasteiger partial charge in [0.05, 0.1) is 5.69 Å². The maximum Gasteiger partial charge on any atom is 0.0658 e. The van der Waals surface area contributed by atoms with Crippen molar-refractivity contribution in [2.24, 2.45) is 0 Å². The van der Waals surface area contributed by atoms with Gasteiger partial charge in [-0.3, -0.25) is 4.98 Å². The van der Waals surface area contributed by atoms with Crippen LogP contribution in [0, 0.1) is 12.3 Å². The Morgan fingerprint density at radius 1 is 1.25 bits per heavy atom. The number of hydrogen-bond acceptors (Lipinski definition) is 1. The van der Waals surface area contributed by atoms with Crippen LogP contribution in [-0.2, 0) is 5.41 Å². The molecule has 0 spiro atoms. The van der Waals surface area contributed by atoms with Gasteiger partial charge in [-0.05, 0) is 54.9 Å². The van der Waals surface area contributed by atoms with E-state index < -0.39 is 0 Å². The Balaban J connectivity index is 3.01. The molecule has 0 aromatic carbocycles. The molecule has 0 radical (unpaired) electrons. The minimum absolute atomic E-state index is 0.225. The fourth-order valence-electron chi connectivity index (χ4n) is 2.03. The summed E-state index contributed by atoms with van der Waals surface area (Å²) in [6.45, 7) is 10.7. The van der Waals surface area contributed by atoms with E-state index in [1.807, 2.05) is 25.3 Å². The molecule has 1 aromatic rings. The number of rotatable bonds is 5. The average Bonchev–Trinajstić information content (AvgIpc) is 2.51. The minimum atomic E-state index is 0.225. The SMILES string of the molecule is C#C/C(C)=C\C=C(/C)c1ccc(C(C)(CC)CC)cn1. The zero-order valence-corrected chi connectivity index (χ0v) is 13.3. The van der Waals surface area contributed by atoms with E-state index in [-0.39, 0.29) is 5.41 Å². The summed E-state index contributed by atoms with van der Waals surface area (Å²) in [4.78, 5) is 4.60. The van der Waals surface area contributed by atoms with E-state index in [9.17, 15) is 0 Å². The highest BCUT2D eigenvalue weighted by Crippen LogP contribution is 2.30. The third kappa shape index (κ3) is 3.84. The maximum absolute atomic E-state index is 5.33. The highest BCUT2D eigenvalue weighted by Gasteiger charge is 2.22. The van der Waals surface area contributed by atoms with Gasteiger partial charge in [-0.25, -0.2) is 0 Å². The molecule has 0 fully saturated rings. The highest BCUT2D eigenvalue weighted by molar-refractivity contribution is 5.62. The monoisotopic (exact) mass is 267 g/mol. The molecule has 1 aromatic heterocycles. The lowest BCUT2D eigenvalue weighted by atomic mass is 9.78. The first-order valence-electron chi connectivity index (χ1n) is 7.25. The van der Waals surface area contributed by atoms with E-state index in [1.54, 1.807) is 0 Å². The van der Waals surface area contributed by atoms with Crippen molar-refractivity contribution in [2.45, 2.75) is 52.9 Å². The molecular formula is C19H25N. The van der Waals surface area contributed by atoms with Gasteiger partial charge in [0.25, 0.3) is 0 Å². The number of aromatic nitrogens is 1. The summed E-state index contributed by atoms with van der Waals surface area (Å²) in [5.41, 5.74) is 4.59. The van der Waals surface area contributed by atoms with Gasteiger partial charge in [-0.1, -0.05) is 44.9 Å². The van der Waals surface area contributed by atoms with Crippen LogP contribution in [0.5, 0.6) is 0 Å². The van der Waals surface area contributed by atoms with Crippen molar-refractivity contribution < 1.29 is 0 Å². The van der Waals surface area contributed by atoms with E-state index in [0.717, 1.165) is 29.7 Å². The van der Waals surface area contributed by atoms with Gasteiger partial charge < -0.3 is 0 Å². The van der Waals surface area contributed by atoms with E-state index in [0.29, 0.717) is 0 Å². The number of terminal acetylenes is 1. The number of allylic oxidation sites excluding steroid dienone is 4. The second-order valence-corrected chi connectivity index (χ2v) is 5.54. The molecule has 0 aliphatic heterocycles. The quantitative estimate of drug-likeness (QED) is 0.531. The number of nitrogens with zero attached hydrogens (tertiary/aromatic N) is 1. The van der Waals surface area contributed by atoms with Crippen LogP contribution >= 0.6 is 0 Å². The standard InChI is InChI=1S/C19H25N/c1-7-15(4)10-11-16(5)18-13-12-17(14-20-18)19(6,8-2)9-3/h1,10-14H,8-9H2,2-6H3/b15-10-,16-11+. The second kappa shape index (κ2) is 7.10. The minimum Gasteiger partial charge on any atom is -0.256 e. The lowest BCUT2D eigenvalue weighted by molar-refractivity contribution is 0.437. The van der Waals surface area contributed by atoms with Crippen LogP contribution in [0.4, 0.5) is 0 Å². The van der Waals surface area contributed by atoms with Crippen LogP contribution in [0.15, 0.2) is 36.1 Å². The van der Waals surface area contributed by atoms with Crippen molar-refractivity contribution >= 4 is 5.57 Å². The summed E-state index contributed by atoms with van der Waals surface area (Å²) >= 11 is 0. The molecule has 1 nitrogen and oxygen atoms in total. The smallest absolute Gasteiger partial charge is 0.0658 e. The molecule has 0 atom stereocenters. The van der Waals surface area contributed by atoms with Crippen molar-refractivity contribution in [1.29, 1.82) is 0 Å². The molecule has 1 heterocycles. The molecule has 1 rings (SSSR count). The zero-order valence-electron chi connectivity index (χ0n) is 13.3. The van der Waals surface area contributed by atoms with E-state index >= 15 is 0 Å². The molecule has 0 aliphatic carbocycles. The maximum atomic E-state index is 5.33. The number of pyridine rings is 1. The fraction of sp³-hybridized carbons (Fsp3) is 0.421. The topological polar surface area (TPSA) is 12.9 Å². The zero-order chi connectivity index (χ0) is 15.2. The molecule has 0 saturated carbocycles. The van der Waals surface area contributed by atoms with E-state index in [1.165, 1.54) is 5.56 Å². The Labute approximate surface area is 123 Å². The Hall–Kier alpha value is -1.81. The summed E-state index contributed by atoms with van der Waals surface area (Å²) in [6.07, 6.45) is 13.6. The van der Waals surface area contributed by atoms with Crippen molar-refractivity contribution in [3.63, 3.8) is 0 Å². The summed E-state index contributed by atoms with van der Waals surface area (Å²) in [7, 11) is 0. The van der Waals surface area contributed by atoms with Crippen LogP contribution in [0.25, 0.3) is 5.57 Å². The summed E-state index contributed by atoms with van der Waals surface area (Å²) in [6, 6.07) is 4.30. The lowest BCUT2D eigenvalue weighted by Gasteiger charge is -2.27. The first kappa shape index (κ1) is 16.2. The van der Waals surface area contributed by atoms with Gasteiger partial charge >= 0.3 is 0 Å². The van der Waals surface area contributed by atoms with Crippen molar-refractivity contribution in [3.05, 3.63) is 47.3 Å². The van der Waals surface area contributed by atoms with Gasteiger partial charge in [0.15, 0.2) is 0 Å². The molecule has 106 valence electrons. The van der Waals surface area contributed by atoms with Crippen molar-refractivity contribution in [3.8, 4) is 12.3 Å². The summed E-state index contributed by atoms with van der Waals surface area (Å²) in [5, 5.41) is 0. The highest BCUT2D eigenvalue weighted by atomic mass is 14.7. The van der Waals surface area contributed by atoms with Gasteiger partial charge in [-0.15, -0.1) is 6.42 Å². The third-order valence-corrected chi connectivity index (χ3v) is 4.24. The van der Waals surface area contributed by atoms with Crippen molar-refractivity contribution in [1.82, 2.24) is 4.98 Å². The summed E-state index contributed by atoms with van der Waals surface area (Å²) < 4.78 is 0. The largest absolute Gasteiger partial charge is 0.256 e. The van der Waals surface area contributed by atoms with E-state index in [2.05, 4.69) is 50.7 Å². The molecule has 0 N–H and O–H groups in total. The van der Waals surface area contributed by atoms with Crippen LogP contribution in [0.2, 0.25) is 0 Å². The Kier molecular flexibility index (Phi) is 5.77. The van der Waals surface area contributed by atoms with Crippen molar-refractivity contribution in [2.75, 3.05) is 0 Å². The van der Waals surface area contributed by atoms with E-state index in [4.69, 9.17) is 6.42 Å². The van der Waals surface area contributed by atoms with Crippen LogP contribution in [-0.4, -0.2) is 4.98 Å². The first-order valence-corrected chi connectivity index (χ1v) is 7.25. The van der Waals surface area contributed by atoms with Gasteiger partial charge in [-0.2, -0.15) is 0 Å². The Morgan fingerprint density at radius 3 is 2.35 bits per heavy atom. The van der Waals surface area contributed by atoms with Crippen LogP contribution in [0.1, 0.15) is 58.7 Å². The predicted octanol–water partition coefficient (Wildman–Crippen LogP) is 5.14. The lowest BCUT2D eigenvalue weighted by Crippen LogP contribution is -2.19. The normalized spacial score (nSPS) is 13.2. The van der Waals surface area contributed by atoms with Gasteiger partial charge in [0, 0.05) is 6.20 Å². The van der Waals surface area contributed by atoms with Gasteiger partial charge in [0.2, 0.25) is 0 Å². The predicted molar refractivity (Wildman–Crippen MR) is 88.4 cm³/mol. The second-order valence-electron chi connectivity index (χ2n) is 5.54.